The van der Waals surface area contributed by atoms with E-state index in [1.54, 1.807) is 18.0 Å². The molecule has 0 aliphatic carbocycles. The highest BCUT2D eigenvalue weighted by molar-refractivity contribution is 7.99. The third-order valence-corrected chi connectivity index (χ3v) is 4.64. The minimum absolute atomic E-state index is 0.567. The van der Waals surface area contributed by atoms with Gasteiger partial charge in [-0.15, -0.1) is 0 Å². The number of hydrogen-bond acceptors (Lipinski definition) is 6. The van der Waals surface area contributed by atoms with Gasteiger partial charge >= 0.3 is 0 Å². The lowest BCUT2D eigenvalue weighted by Gasteiger charge is -2.09. The van der Waals surface area contributed by atoms with Crippen molar-refractivity contribution in [1.29, 1.82) is 0 Å². The lowest BCUT2D eigenvalue weighted by atomic mass is 10.1. The minimum atomic E-state index is 0.567. The molecule has 0 bridgehead atoms. The molecule has 0 amide bonds. The largest absolute Gasteiger partial charge is 0.364 e. The summed E-state index contributed by atoms with van der Waals surface area (Å²) < 4.78 is 7.00. The van der Waals surface area contributed by atoms with Gasteiger partial charge in [0.25, 0.3) is 0 Å². The van der Waals surface area contributed by atoms with Crippen LogP contribution in [0.15, 0.2) is 71.1 Å². The normalized spacial score (nSPS) is 11.0. The van der Waals surface area contributed by atoms with Gasteiger partial charge in [0.1, 0.15) is 12.0 Å². The number of imidazole rings is 1. The first-order valence-corrected chi connectivity index (χ1v) is 9.28. The number of thioether (sulfide) groups is 1. The maximum Gasteiger partial charge on any atom is 0.187 e. The minimum Gasteiger partial charge on any atom is -0.364 e. The Balaban J connectivity index is 1.79. The van der Waals surface area contributed by atoms with Crippen LogP contribution in [0.5, 0.6) is 0 Å². The average Bonchev–Trinajstić information content (AvgIpc) is 3.34. The third kappa shape index (κ3) is 3.39. The van der Waals surface area contributed by atoms with Crippen LogP contribution < -0.4 is 0 Å². The summed E-state index contributed by atoms with van der Waals surface area (Å²) in [7, 11) is 0. The fourth-order valence-electron chi connectivity index (χ4n) is 2.75. The van der Waals surface area contributed by atoms with E-state index >= 15 is 0 Å². The summed E-state index contributed by atoms with van der Waals surface area (Å²) in [6.45, 7) is 2.65. The molecule has 6 nitrogen and oxygen atoms in total. The van der Waals surface area contributed by atoms with E-state index in [4.69, 9.17) is 4.52 Å². The van der Waals surface area contributed by atoms with Crippen molar-refractivity contribution in [3.63, 3.8) is 0 Å². The Morgan fingerprint density at radius 1 is 1.00 bits per heavy atom. The second-order valence-corrected chi connectivity index (χ2v) is 6.84. The van der Waals surface area contributed by atoms with E-state index < -0.39 is 0 Å². The number of aromatic nitrogens is 5. The Bertz CT molecular complexity index is 965. The van der Waals surface area contributed by atoms with Crippen LogP contribution in [0.2, 0.25) is 0 Å². The van der Waals surface area contributed by atoms with Crippen molar-refractivity contribution in [3.8, 4) is 22.5 Å². The molecule has 7 heteroatoms. The molecular formula is C19H17N5OS. The number of benzene rings is 1. The van der Waals surface area contributed by atoms with Crippen LogP contribution >= 0.6 is 11.8 Å². The van der Waals surface area contributed by atoms with Crippen molar-refractivity contribution in [2.45, 2.75) is 18.6 Å². The molecule has 3 aromatic heterocycles. The summed E-state index contributed by atoms with van der Waals surface area (Å²) >= 11 is 1.62. The smallest absolute Gasteiger partial charge is 0.187 e. The number of nitrogens with zero attached hydrogens (tertiary/aromatic N) is 5. The molecule has 0 spiro atoms. The van der Waals surface area contributed by atoms with E-state index in [9.17, 15) is 0 Å². The molecule has 0 saturated heterocycles. The number of hydrogen-bond donors (Lipinski definition) is 0. The van der Waals surface area contributed by atoms with Crippen molar-refractivity contribution >= 4 is 11.8 Å². The number of rotatable bonds is 6. The summed E-state index contributed by atoms with van der Waals surface area (Å²) in [5.41, 5.74) is 4.67. The van der Waals surface area contributed by atoms with Crippen LogP contribution in [-0.2, 0) is 6.54 Å². The molecular weight excluding hydrogens is 346 g/mol. The Labute approximate surface area is 155 Å². The summed E-state index contributed by atoms with van der Waals surface area (Å²) in [4.78, 5) is 13.6. The lowest BCUT2D eigenvalue weighted by molar-refractivity contribution is 0.410. The lowest BCUT2D eigenvalue weighted by Crippen LogP contribution is -2.02. The van der Waals surface area contributed by atoms with E-state index in [-0.39, 0.29) is 0 Å². The zero-order valence-corrected chi connectivity index (χ0v) is 15.1. The molecule has 0 unspecified atom stereocenters. The van der Waals surface area contributed by atoms with E-state index in [1.165, 1.54) is 0 Å². The van der Waals surface area contributed by atoms with Crippen molar-refractivity contribution in [3.05, 3.63) is 67.1 Å². The molecule has 0 fully saturated rings. The van der Waals surface area contributed by atoms with Gasteiger partial charge in [-0.25, -0.2) is 15.0 Å². The van der Waals surface area contributed by atoms with Crippen molar-refractivity contribution in [2.24, 2.45) is 0 Å². The Hall–Kier alpha value is -2.93. The molecule has 0 aliphatic heterocycles. The molecule has 0 radical (unpaired) electrons. The second-order valence-electron chi connectivity index (χ2n) is 5.61. The van der Waals surface area contributed by atoms with Crippen LogP contribution in [-0.4, -0.2) is 30.4 Å². The van der Waals surface area contributed by atoms with Gasteiger partial charge in [0.05, 0.1) is 24.3 Å². The summed E-state index contributed by atoms with van der Waals surface area (Å²) in [6, 6.07) is 12.0. The van der Waals surface area contributed by atoms with Gasteiger partial charge in [0.2, 0.25) is 0 Å². The van der Waals surface area contributed by atoms with Crippen molar-refractivity contribution < 1.29 is 4.52 Å². The van der Waals surface area contributed by atoms with Gasteiger partial charge in [-0.05, 0) is 5.75 Å². The van der Waals surface area contributed by atoms with Gasteiger partial charge in [0, 0.05) is 29.6 Å². The topological polar surface area (TPSA) is 69.6 Å². The van der Waals surface area contributed by atoms with Crippen LogP contribution in [0.1, 0.15) is 12.6 Å². The summed E-state index contributed by atoms with van der Waals surface area (Å²) in [6.07, 6.45) is 7.10. The maximum atomic E-state index is 4.96. The fraction of sp³-hybridized carbons (Fsp3) is 0.158. The zero-order chi connectivity index (χ0) is 17.8. The Kier molecular flexibility index (Phi) is 4.79. The first kappa shape index (κ1) is 16.5. The second kappa shape index (κ2) is 7.53. The summed E-state index contributed by atoms with van der Waals surface area (Å²) in [5.74, 6) is 0.943. The maximum absolute atomic E-state index is 4.96. The quantitative estimate of drug-likeness (QED) is 0.378. The van der Waals surface area contributed by atoms with Gasteiger partial charge in [0.15, 0.2) is 5.16 Å². The van der Waals surface area contributed by atoms with Gasteiger partial charge in [-0.3, -0.25) is 0 Å². The van der Waals surface area contributed by atoms with Gasteiger partial charge in [-0.2, -0.15) is 0 Å². The molecule has 0 saturated carbocycles. The van der Waals surface area contributed by atoms with Crippen molar-refractivity contribution in [2.75, 3.05) is 5.75 Å². The highest BCUT2D eigenvalue weighted by atomic mass is 32.2. The molecule has 0 aliphatic rings. The predicted octanol–water partition coefficient (Wildman–Crippen LogP) is 4.16. The fourth-order valence-corrected chi connectivity index (χ4v) is 3.26. The zero-order valence-electron chi connectivity index (χ0n) is 14.2. The van der Waals surface area contributed by atoms with E-state index in [0.717, 1.165) is 39.1 Å². The predicted molar refractivity (Wildman–Crippen MR) is 101 cm³/mol. The SMILES string of the molecule is CCSc1ncc(-c2c(-c3ccccc3)ncn2Cc2ccon2)cn1. The van der Waals surface area contributed by atoms with E-state index in [1.807, 2.05) is 47.6 Å². The molecule has 4 aromatic rings. The molecule has 1 aromatic carbocycles. The van der Waals surface area contributed by atoms with E-state index in [2.05, 4.69) is 39.2 Å². The standard InChI is InChI=1S/C19H17N5OS/c1-2-26-19-20-10-15(11-21-19)18-17(14-6-4-3-5-7-14)22-13-24(18)12-16-8-9-25-23-16/h3-11,13H,2,12H2,1H3. The summed E-state index contributed by atoms with van der Waals surface area (Å²) in [5, 5.41) is 4.79. The van der Waals surface area contributed by atoms with Crippen LogP contribution in [0.3, 0.4) is 0 Å². The highest BCUT2D eigenvalue weighted by Crippen LogP contribution is 2.31. The Morgan fingerprint density at radius 3 is 2.50 bits per heavy atom. The third-order valence-electron chi connectivity index (χ3n) is 3.88. The van der Waals surface area contributed by atoms with Crippen LogP contribution in [0.25, 0.3) is 22.5 Å². The first-order valence-electron chi connectivity index (χ1n) is 8.30. The molecule has 3 heterocycles. The van der Waals surface area contributed by atoms with Gasteiger partial charge < -0.3 is 9.09 Å². The molecule has 130 valence electrons. The molecule has 0 atom stereocenters. The Morgan fingerprint density at radius 2 is 1.81 bits per heavy atom. The van der Waals surface area contributed by atoms with Crippen LogP contribution in [0.4, 0.5) is 0 Å². The van der Waals surface area contributed by atoms with Gasteiger partial charge in [-0.1, -0.05) is 54.2 Å². The first-order chi connectivity index (χ1) is 12.8. The highest BCUT2D eigenvalue weighted by Gasteiger charge is 2.16. The molecule has 0 N–H and O–H groups in total. The van der Waals surface area contributed by atoms with Crippen molar-refractivity contribution in [1.82, 2.24) is 24.7 Å². The average molecular weight is 363 g/mol. The van der Waals surface area contributed by atoms with Crippen LogP contribution in [0, 0.1) is 0 Å². The monoisotopic (exact) mass is 363 g/mol. The van der Waals surface area contributed by atoms with E-state index in [0.29, 0.717) is 6.54 Å². The molecule has 4 rings (SSSR count). The molecule has 26 heavy (non-hydrogen) atoms.